The number of fused-ring (bicyclic) bond motifs is 1. The van der Waals surface area contributed by atoms with Crippen LogP contribution in [0.4, 0.5) is 5.69 Å². The number of hydrogen-bond acceptors (Lipinski definition) is 4. The molecule has 0 saturated carbocycles. The van der Waals surface area contributed by atoms with E-state index in [1.807, 2.05) is 30.5 Å². The molecule has 0 unspecified atom stereocenters. The normalized spacial score (nSPS) is 17.8. The summed E-state index contributed by atoms with van der Waals surface area (Å²) in [6, 6.07) is 11.8. The summed E-state index contributed by atoms with van der Waals surface area (Å²) in [5.41, 5.74) is 4.57. The molecular weight excluding hydrogens is 300 g/mol. The van der Waals surface area contributed by atoms with Crippen molar-refractivity contribution in [2.75, 3.05) is 18.0 Å². The summed E-state index contributed by atoms with van der Waals surface area (Å²) in [4.78, 5) is 9.89. The van der Waals surface area contributed by atoms with E-state index in [0.717, 1.165) is 47.2 Å². The summed E-state index contributed by atoms with van der Waals surface area (Å²) in [6.45, 7) is 1.57. The van der Waals surface area contributed by atoms with Gasteiger partial charge >= 0.3 is 0 Å². The number of rotatable bonds is 2. The number of benzene rings is 1. The standard InChI is InChI=1S/C19H18N4O/c20-10-13-3-1-4-14(9-13)16-11-22-19-18(16)17(6-7-21-19)23-8-2-5-15(24)12-23/h1,3-4,6-7,9,11,15,24H,2,5,8,12H2,(H,21,22)/t15-/m1/s1. The zero-order valence-electron chi connectivity index (χ0n) is 13.2. The maximum atomic E-state index is 10.0. The van der Waals surface area contributed by atoms with E-state index in [2.05, 4.69) is 20.9 Å². The predicted octanol–water partition coefficient (Wildman–Crippen LogP) is 3.06. The molecule has 24 heavy (non-hydrogen) atoms. The molecule has 4 rings (SSSR count). The molecule has 3 aromatic rings. The number of hydrogen-bond donors (Lipinski definition) is 2. The molecule has 1 aromatic carbocycles. The molecule has 3 heterocycles. The fourth-order valence-corrected chi connectivity index (χ4v) is 3.46. The van der Waals surface area contributed by atoms with E-state index in [1.54, 1.807) is 12.3 Å². The van der Waals surface area contributed by atoms with Gasteiger partial charge in [-0.3, -0.25) is 0 Å². The van der Waals surface area contributed by atoms with E-state index in [9.17, 15) is 5.11 Å². The van der Waals surface area contributed by atoms with Crippen molar-refractivity contribution < 1.29 is 5.11 Å². The van der Waals surface area contributed by atoms with Crippen LogP contribution < -0.4 is 4.90 Å². The Morgan fingerprint density at radius 1 is 1.33 bits per heavy atom. The van der Waals surface area contributed by atoms with Gasteiger partial charge in [-0.2, -0.15) is 5.26 Å². The van der Waals surface area contributed by atoms with E-state index in [-0.39, 0.29) is 6.10 Å². The van der Waals surface area contributed by atoms with Gasteiger partial charge in [0.2, 0.25) is 0 Å². The molecule has 5 nitrogen and oxygen atoms in total. The number of β-amino-alcohol motifs (C(OH)–C–C–N with tert-alkyl or cyclic N) is 1. The number of pyridine rings is 1. The number of aromatic nitrogens is 2. The fraction of sp³-hybridized carbons (Fsp3) is 0.263. The largest absolute Gasteiger partial charge is 0.391 e. The van der Waals surface area contributed by atoms with Gasteiger partial charge in [0.25, 0.3) is 0 Å². The second-order valence-electron chi connectivity index (χ2n) is 6.19. The van der Waals surface area contributed by atoms with Gasteiger partial charge in [-0.05, 0) is 36.6 Å². The lowest BCUT2D eigenvalue weighted by Crippen LogP contribution is -2.38. The fourth-order valence-electron chi connectivity index (χ4n) is 3.46. The molecule has 0 aliphatic carbocycles. The van der Waals surface area contributed by atoms with Gasteiger partial charge in [0, 0.05) is 36.4 Å². The Morgan fingerprint density at radius 3 is 3.08 bits per heavy atom. The van der Waals surface area contributed by atoms with E-state index in [0.29, 0.717) is 12.1 Å². The highest BCUT2D eigenvalue weighted by molar-refractivity contribution is 6.02. The first-order chi connectivity index (χ1) is 11.8. The first-order valence-electron chi connectivity index (χ1n) is 8.16. The minimum Gasteiger partial charge on any atom is -0.391 e. The number of nitrogens with one attached hydrogen (secondary N) is 1. The monoisotopic (exact) mass is 318 g/mol. The van der Waals surface area contributed by atoms with Crippen LogP contribution in [0.15, 0.2) is 42.7 Å². The summed E-state index contributed by atoms with van der Waals surface area (Å²) in [6.07, 6.45) is 5.29. The molecule has 1 saturated heterocycles. The lowest BCUT2D eigenvalue weighted by molar-refractivity contribution is 0.154. The lowest BCUT2D eigenvalue weighted by atomic mass is 10.0. The molecule has 0 bridgehead atoms. The van der Waals surface area contributed by atoms with Crippen molar-refractivity contribution in [3.63, 3.8) is 0 Å². The average molecular weight is 318 g/mol. The van der Waals surface area contributed by atoms with Crippen LogP contribution in [0.25, 0.3) is 22.2 Å². The van der Waals surface area contributed by atoms with Gasteiger partial charge in [-0.15, -0.1) is 0 Å². The Labute approximate surface area is 140 Å². The van der Waals surface area contributed by atoms with Gasteiger partial charge in [-0.25, -0.2) is 4.98 Å². The third-order valence-electron chi connectivity index (χ3n) is 4.59. The molecule has 5 heteroatoms. The van der Waals surface area contributed by atoms with Gasteiger partial charge in [0.15, 0.2) is 0 Å². The summed E-state index contributed by atoms with van der Waals surface area (Å²) in [5.74, 6) is 0. The third-order valence-corrected chi connectivity index (χ3v) is 4.59. The van der Waals surface area contributed by atoms with E-state index >= 15 is 0 Å². The molecule has 1 aliphatic heterocycles. The van der Waals surface area contributed by atoms with Crippen LogP contribution in [0.5, 0.6) is 0 Å². The Hall–Kier alpha value is -2.84. The van der Waals surface area contributed by atoms with Gasteiger partial charge in [0.1, 0.15) is 5.65 Å². The van der Waals surface area contributed by atoms with Crippen molar-refractivity contribution in [2.45, 2.75) is 18.9 Å². The molecule has 1 atom stereocenters. The van der Waals surface area contributed by atoms with Crippen LogP contribution in [0.1, 0.15) is 18.4 Å². The predicted molar refractivity (Wildman–Crippen MR) is 93.7 cm³/mol. The van der Waals surface area contributed by atoms with Crippen molar-refractivity contribution in [2.24, 2.45) is 0 Å². The maximum absolute atomic E-state index is 10.0. The molecule has 0 amide bonds. The Bertz CT molecular complexity index is 925. The second kappa shape index (κ2) is 5.99. The van der Waals surface area contributed by atoms with E-state index in [4.69, 9.17) is 5.26 Å². The maximum Gasteiger partial charge on any atom is 0.139 e. The number of anilines is 1. The molecule has 2 N–H and O–H groups in total. The van der Waals surface area contributed by atoms with E-state index < -0.39 is 0 Å². The molecule has 0 spiro atoms. The van der Waals surface area contributed by atoms with Crippen molar-refractivity contribution >= 4 is 16.7 Å². The Kier molecular flexibility index (Phi) is 3.68. The number of aromatic amines is 1. The molecule has 0 radical (unpaired) electrons. The van der Waals surface area contributed by atoms with Gasteiger partial charge in [0.05, 0.1) is 23.4 Å². The first-order valence-corrected chi connectivity index (χ1v) is 8.16. The minimum atomic E-state index is -0.286. The number of aliphatic hydroxyl groups is 1. The van der Waals surface area contributed by atoms with Gasteiger partial charge < -0.3 is 15.0 Å². The number of piperidine rings is 1. The molecular formula is C19H18N4O. The first kappa shape index (κ1) is 14.7. The minimum absolute atomic E-state index is 0.286. The van der Waals surface area contributed by atoms with Gasteiger partial charge in [-0.1, -0.05) is 12.1 Å². The molecule has 120 valence electrons. The summed E-state index contributed by atoms with van der Waals surface area (Å²) in [7, 11) is 0. The summed E-state index contributed by atoms with van der Waals surface area (Å²) in [5, 5.41) is 20.2. The summed E-state index contributed by atoms with van der Waals surface area (Å²) >= 11 is 0. The van der Waals surface area contributed by atoms with Crippen molar-refractivity contribution in [3.8, 4) is 17.2 Å². The molecule has 2 aromatic heterocycles. The Morgan fingerprint density at radius 2 is 2.25 bits per heavy atom. The van der Waals surface area contributed by atoms with Crippen LogP contribution in [-0.4, -0.2) is 34.3 Å². The van der Waals surface area contributed by atoms with E-state index in [1.165, 1.54) is 0 Å². The van der Waals surface area contributed by atoms with Crippen molar-refractivity contribution in [1.29, 1.82) is 5.26 Å². The molecule has 1 fully saturated rings. The highest BCUT2D eigenvalue weighted by Gasteiger charge is 2.21. The quantitative estimate of drug-likeness (QED) is 0.761. The lowest BCUT2D eigenvalue weighted by Gasteiger charge is -2.32. The number of aliphatic hydroxyl groups excluding tert-OH is 1. The Balaban J connectivity index is 1.87. The van der Waals surface area contributed by atoms with Crippen molar-refractivity contribution in [3.05, 3.63) is 48.3 Å². The molecule has 1 aliphatic rings. The third kappa shape index (κ3) is 2.51. The zero-order chi connectivity index (χ0) is 16.5. The van der Waals surface area contributed by atoms with Crippen LogP contribution >= 0.6 is 0 Å². The van der Waals surface area contributed by atoms with Crippen LogP contribution in [-0.2, 0) is 0 Å². The van der Waals surface area contributed by atoms with Crippen LogP contribution in [0.2, 0.25) is 0 Å². The SMILES string of the molecule is N#Cc1cccc(-c2c[nH]c3nccc(N4CCC[C@@H](O)C4)c23)c1. The highest BCUT2D eigenvalue weighted by Crippen LogP contribution is 2.36. The highest BCUT2D eigenvalue weighted by atomic mass is 16.3. The second-order valence-corrected chi connectivity index (χ2v) is 6.19. The zero-order valence-corrected chi connectivity index (χ0v) is 13.2. The average Bonchev–Trinajstić information content (AvgIpc) is 3.06. The topological polar surface area (TPSA) is 75.9 Å². The number of H-pyrrole nitrogens is 1. The summed E-state index contributed by atoms with van der Waals surface area (Å²) < 4.78 is 0. The number of nitrogens with zero attached hydrogens (tertiary/aromatic N) is 3. The smallest absolute Gasteiger partial charge is 0.139 e. The number of nitriles is 1. The van der Waals surface area contributed by atoms with Crippen LogP contribution in [0.3, 0.4) is 0 Å². The van der Waals surface area contributed by atoms with Crippen molar-refractivity contribution in [1.82, 2.24) is 9.97 Å². The van der Waals surface area contributed by atoms with Crippen LogP contribution in [0, 0.1) is 11.3 Å².